The molecule has 1 aliphatic heterocycles. The number of aromatic nitrogens is 2. The molecule has 1 unspecified atom stereocenters. The van der Waals surface area contributed by atoms with E-state index in [4.69, 9.17) is 0 Å². The van der Waals surface area contributed by atoms with Gasteiger partial charge in [0, 0.05) is 24.6 Å². The second-order valence-corrected chi connectivity index (χ2v) is 6.64. The number of aromatic amines is 1. The van der Waals surface area contributed by atoms with Crippen LogP contribution < -0.4 is 5.69 Å². The summed E-state index contributed by atoms with van der Waals surface area (Å²) in [5, 5.41) is 9.82. The van der Waals surface area contributed by atoms with E-state index in [0.717, 1.165) is 18.4 Å². The first kappa shape index (κ1) is 15.3. The van der Waals surface area contributed by atoms with Crippen molar-refractivity contribution in [2.24, 2.45) is 0 Å². The molecule has 1 amide bonds. The number of amides is 1. The summed E-state index contributed by atoms with van der Waals surface area (Å²) in [4.78, 5) is 28.5. The molecule has 2 fully saturated rings. The number of halogens is 2. The van der Waals surface area contributed by atoms with Gasteiger partial charge in [0.25, 0.3) is 12.3 Å². The van der Waals surface area contributed by atoms with Crippen LogP contribution >= 0.6 is 0 Å². The van der Waals surface area contributed by atoms with E-state index in [1.54, 1.807) is 22.8 Å². The molecule has 0 spiro atoms. The topological polar surface area (TPSA) is 78.3 Å². The van der Waals surface area contributed by atoms with Crippen molar-refractivity contribution < 1.29 is 18.7 Å². The normalized spacial score (nSPS) is 24.2. The summed E-state index contributed by atoms with van der Waals surface area (Å²) >= 11 is 0. The van der Waals surface area contributed by atoms with Crippen molar-refractivity contribution >= 4 is 16.9 Å². The molecule has 1 atom stereocenters. The number of H-pyrrole nitrogens is 1. The van der Waals surface area contributed by atoms with Crippen LogP contribution in [-0.2, 0) is 0 Å². The Bertz CT molecular complexity index is 871. The number of aliphatic hydroxyl groups is 1. The number of β-amino-alcohol motifs (C(OH)–C–C–N with tert-alkyl or cyclic N) is 1. The summed E-state index contributed by atoms with van der Waals surface area (Å²) in [5.74, 6) is -0.423. The Morgan fingerprint density at radius 1 is 1.38 bits per heavy atom. The van der Waals surface area contributed by atoms with E-state index in [2.05, 4.69) is 4.98 Å². The van der Waals surface area contributed by atoms with Crippen LogP contribution in [0, 0.1) is 0 Å². The number of benzene rings is 1. The summed E-state index contributed by atoms with van der Waals surface area (Å²) in [6.07, 6.45) is -1.10. The maximum Gasteiger partial charge on any atom is 0.326 e. The molecule has 2 aromatic rings. The van der Waals surface area contributed by atoms with Gasteiger partial charge in [-0.05, 0) is 31.0 Å². The molecule has 1 saturated heterocycles. The van der Waals surface area contributed by atoms with Crippen LogP contribution in [0.4, 0.5) is 8.78 Å². The first-order valence-corrected chi connectivity index (χ1v) is 7.93. The Morgan fingerprint density at radius 3 is 2.75 bits per heavy atom. The van der Waals surface area contributed by atoms with Crippen molar-refractivity contribution in [2.45, 2.75) is 37.3 Å². The SMILES string of the molecule is O=C(c1ccc2c(c1)[nH]c(=O)n2C1CC1)N1CCC(O)(C(F)F)C1. The monoisotopic (exact) mass is 337 g/mol. The number of alkyl halides is 2. The minimum Gasteiger partial charge on any atom is -0.382 e. The van der Waals surface area contributed by atoms with Crippen LogP contribution in [0.15, 0.2) is 23.0 Å². The van der Waals surface area contributed by atoms with Crippen molar-refractivity contribution in [2.75, 3.05) is 13.1 Å². The summed E-state index contributed by atoms with van der Waals surface area (Å²) in [7, 11) is 0. The lowest BCUT2D eigenvalue weighted by Crippen LogP contribution is -2.41. The van der Waals surface area contributed by atoms with Crippen molar-refractivity contribution in [1.82, 2.24) is 14.5 Å². The van der Waals surface area contributed by atoms with E-state index < -0.39 is 17.9 Å². The molecule has 8 heteroatoms. The van der Waals surface area contributed by atoms with Gasteiger partial charge in [0.05, 0.1) is 17.6 Å². The minimum absolute atomic E-state index is 0.0807. The summed E-state index contributed by atoms with van der Waals surface area (Å²) in [5.41, 5.74) is -0.732. The van der Waals surface area contributed by atoms with E-state index in [0.29, 0.717) is 11.1 Å². The maximum atomic E-state index is 12.9. The Morgan fingerprint density at radius 2 is 2.12 bits per heavy atom. The first-order chi connectivity index (χ1) is 11.4. The average molecular weight is 337 g/mol. The fourth-order valence-electron chi connectivity index (χ4n) is 3.31. The average Bonchev–Trinajstić information content (AvgIpc) is 3.20. The molecule has 0 radical (unpaired) electrons. The number of rotatable bonds is 3. The van der Waals surface area contributed by atoms with Crippen molar-refractivity contribution in [3.05, 3.63) is 34.2 Å². The fraction of sp³-hybridized carbons (Fsp3) is 0.500. The predicted molar refractivity (Wildman–Crippen MR) is 82.3 cm³/mol. The Balaban J connectivity index is 1.63. The van der Waals surface area contributed by atoms with Crippen LogP contribution in [0.5, 0.6) is 0 Å². The number of carbonyl (C=O) groups excluding carboxylic acids is 1. The number of fused-ring (bicyclic) bond motifs is 1. The highest BCUT2D eigenvalue weighted by Crippen LogP contribution is 2.36. The number of nitrogens with zero attached hydrogens (tertiary/aromatic N) is 2. The third-order valence-corrected chi connectivity index (χ3v) is 4.85. The highest BCUT2D eigenvalue weighted by molar-refractivity contribution is 5.97. The third kappa shape index (κ3) is 2.32. The number of likely N-dealkylation sites (tertiary alicyclic amines) is 1. The van der Waals surface area contributed by atoms with E-state index >= 15 is 0 Å². The molecular weight excluding hydrogens is 320 g/mol. The molecule has 0 bridgehead atoms. The second kappa shape index (κ2) is 5.14. The molecule has 2 heterocycles. The molecule has 24 heavy (non-hydrogen) atoms. The Kier molecular flexibility index (Phi) is 3.28. The molecule has 6 nitrogen and oxygen atoms in total. The van der Waals surface area contributed by atoms with E-state index in [9.17, 15) is 23.5 Å². The minimum atomic E-state index is -2.89. The predicted octanol–water partition coefficient (Wildman–Crippen LogP) is 1.51. The van der Waals surface area contributed by atoms with Crippen LogP contribution in [-0.4, -0.2) is 50.6 Å². The highest BCUT2D eigenvalue weighted by atomic mass is 19.3. The van der Waals surface area contributed by atoms with E-state index in [1.807, 2.05) is 0 Å². The second-order valence-electron chi connectivity index (χ2n) is 6.64. The summed E-state index contributed by atoms with van der Waals surface area (Å²) in [6, 6.07) is 5.08. The molecule has 1 aromatic heterocycles. The quantitative estimate of drug-likeness (QED) is 0.891. The van der Waals surface area contributed by atoms with Gasteiger partial charge < -0.3 is 15.0 Å². The number of hydrogen-bond donors (Lipinski definition) is 2. The van der Waals surface area contributed by atoms with Crippen LogP contribution in [0.3, 0.4) is 0 Å². The molecule has 128 valence electrons. The van der Waals surface area contributed by atoms with E-state index in [1.165, 1.54) is 4.90 Å². The van der Waals surface area contributed by atoms with Crippen molar-refractivity contribution in [3.8, 4) is 0 Å². The van der Waals surface area contributed by atoms with Crippen LogP contribution in [0.25, 0.3) is 11.0 Å². The third-order valence-electron chi connectivity index (χ3n) is 4.85. The molecule has 1 aromatic carbocycles. The smallest absolute Gasteiger partial charge is 0.326 e. The maximum absolute atomic E-state index is 12.9. The van der Waals surface area contributed by atoms with Gasteiger partial charge in [0.1, 0.15) is 5.60 Å². The zero-order valence-electron chi connectivity index (χ0n) is 12.8. The summed E-state index contributed by atoms with van der Waals surface area (Å²) < 4.78 is 27.4. The van der Waals surface area contributed by atoms with Gasteiger partial charge in [-0.25, -0.2) is 13.6 Å². The van der Waals surface area contributed by atoms with Gasteiger partial charge in [0.2, 0.25) is 0 Å². The molecule has 1 saturated carbocycles. The summed E-state index contributed by atoms with van der Waals surface area (Å²) in [6.45, 7) is -0.307. The van der Waals surface area contributed by atoms with Gasteiger partial charge in [0.15, 0.2) is 0 Å². The highest BCUT2D eigenvalue weighted by Gasteiger charge is 2.45. The number of carbonyl (C=O) groups is 1. The van der Waals surface area contributed by atoms with Gasteiger partial charge in [-0.15, -0.1) is 0 Å². The molecule has 1 aliphatic carbocycles. The number of hydrogen-bond acceptors (Lipinski definition) is 3. The Labute approximate surface area is 135 Å². The molecule has 2 N–H and O–H groups in total. The molecule has 2 aliphatic rings. The first-order valence-electron chi connectivity index (χ1n) is 7.93. The van der Waals surface area contributed by atoms with E-state index in [-0.39, 0.29) is 31.2 Å². The van der Waals surface area contributed by atoms with Crippen LogP contribution in [0.1, 0.15) is 35.7 Å². The number of nitrogens with one attached hydrogen (secondary N) is 1. The van der Waals surface area contributed by atoms with Gasteiger partial charge in [-0.1, -0.05) is 0 Å². The fourth-order valence-corrected chi connectivity index (χ4v) is 3.31. The lowest BCUT2D eigenvalue weighted by atomic mass is 10.1. The van der Waals surface area contributed by atoms with Gasteiger partial charge in [-0.3, -0.25) is 9.36 Å². The van der Waals surface area contributed by atoms with Gasteiger partial charge in [-0.2, -0.15) is 0 Å². The standard InChI is InChI=1S/C16H17F2N3O3/c17-14(18)16(24)5-6-20(8-16)13(22)9-1-4-12-11(7-9)19-15(23)21(12)10-2-3-10/h1,4,7,10,14,24H,2-3,5-6,8H2,(H,19,23). The zero-order chi connectivity index (χ0) is 17.1. The van der Waals surface area contributed by atoms with Gasteiger partial charge >= 0.3 is 5.69 Å². The lowest BCUT2D eigenvalue weighted by Gasteiger charge is -2.22. The number of imidazole rings is 1. The van der Waals surface area contributed by atoms with Crippen molar-refractivity contribution in [1.29, 1.82) is 0 Å². The molecular formula is C16H17F2N3O3. The van der Waals surface area contributed by atoms with Crippen molar-refractivity contribution in [3.63, 3.8) is 0 Å². The zero-order valence-corrected chi connectivity index (χ0v) is 12.8. The molecule has 4 rings (SSSR count). The largest absolute Gasteiger partial charge is 0.382 e. The van der Waals surface area contributed by atoms with Crippen LogP contribution in [0.2, 0.25) is 0 Å². The Hall–Kier alpha value is -2.22. The lowest BCUT2D eigenvalue weighted by molar-refractivity contribution is -0.0855.